The van der Waals surface area contributed by atoms with Gasteiger partial charge in [-0.1, -0.05) is 6.07 Å². The summed E-state index contributed by atoms with van der Waals surface area (Å²) in [5, 5.41) is 10.2. The summed E-state index contributed by atoms with van der Waals surface area (Å²) >= 11 is 0. The standard InChI is InChI=1S/C5H5NO.H2O/c7-6-4-2-1-3-5-6;/h1-5H;1H2. The van der Waals surface area contributed by atoms with Crippen LogP contribution in [0.1, 0.15) is 0 Å². The van der Waals surface area contributed by atoms with Crippen molar-refractivity contribution in [2.45, 2.75) is 0 Å². The third-order valence-corrected chi connectivity index (χ3v) is 0.688. The van der Waals surface area contributed by atoms with Crippen LogP contribution in [0.15, 0.2) is 30.6 Å². The predicted molar refractivity (Wildman–Crippen MR) is 29.0 cm³/mol. The Morgan fingerprint density at radius 3 is 1.75 bits per heavy atom. The van der Waals surface area contributed by atoms with Gasteiger partial charge in [0.1, 0.15) is 0 Å². The van der Waals surface area contributed by atoms with E-state index in [0.29, 0.717) is 0 Å². The van der Waals surface area contributed by atoms with Gasteiger partial charge in [-0.2, -0.15) is 4.73 Å². The number of nitrogens with zero attached hydrogens (tertiary/aromatic N) is 1. The van der Waals surface area contributed by atoms with Crippen LogP contribution in [0.3, 0.4) is 0 Å². The highest BCUT2D eigenvalue weighted by Gasteiger charge is 1.74. The Hall–Kier alpha value is -1.09. The summed E-state index contributed by atoms with van der Waals surface area (Å²) in [5.41, 5.74) is 0. The maximum atomic E-state index is 10.2. The molecule has 2 N–H and O–H groups in total. The van der Waals surface area contributed by atoms with Crippen LogP contribution in [0, 0.1) is 5.21 Å². The molecule has 0 aliphatic heterocycles. The van der Waals surface area contributed by atoms with Crippen molar-refractivity contribution in [3.63, 3.8) is 0 Å². The van der Waals surface area contributed by atoms with Crippen molar-refractivity contribution in [2.75, 3.05) is 0 Å². The summed E-state index contributed by atoms with van der Waals surface area (Å²) in [5.74, 6) is 0. The molecule has 3 heteroatoms. The molecule has 1 aromatic rings. The van der Waals surface area contributed by atoms with E-state index in [1.54, 1.807) is 18.2 Å². The van der Waals surface area contributed by atoms with Gasteiger partial charge in [-0.3, -0.25) is 0 Å². The van der Waals surface area contributed by atoms with Gasteiger partial charge in [-0.05, 0) is 0 Å². The highest BCUT2D eigenvalue weighted by atomic mass is 16.5. The van der Waals surface area contributed by atoms with E-state index >= 15 is 0 Å². The van der Waals surface area contributed by atoms with Crippen molar-refractivity contribution < 1.29 is 10.2 Å². The van der Waals surface area contributed by atoms with Crippen molar-refractivity contribution in [1.82, 2.24) is 0 Å². The van der Waals surface area contributed by atoms with Crippen LogP contribution in [-0.4, -0.2) is 5.48 Å². The molecule has 44 valence electrons. The molecule has 0 aromatic carbocycles. The van der Waals surface area contributed by atoms with E-state index in [-0.39, 0.29) is 5.48 Å². The minimum atomic E-state index is 0. The van der Waals surface area contributed by atoms with E-state index in [9.17, 15) is 5.21 Å². The molecule has 0 saturated carbocycles. The Kier molecular flexibility index (Phi) is 2.58. The number of rotatable bonds is 0. The van der Waals surface area contributed by atoms with Crippen LogP contribution >= 0.6 is 0 Å². The molecule has 8 heavy (non-hydrogen) atoms. The second-order valence-electron chi connectivity index (χ2n) is 1.24. The van der Waals surface area contributed by atoms with E-state index in [1.807, 2.05) is 0 Å². The molecule has 0 spiro atoms. The maximum absolute atomic E-state index is 10.2. The first-order chi connectivity index (χ1) is 3.39. The Morgan fingerprint density at radius 1 is 1.00 bits per heavy atom. The molecule has 0 aliphatic rings. The summed E-state index contributed by atoms with van der Waals surface area (Å²) in [7, 11) is 0. The van der Waals surface area contributed by atoms with Gasteiger partial charge < -0.3 is 10.7 Å². The molecule has 0 radical (unpaired) electrons. The Morgan fingerprint density at radius 2 is 1.50 bits per heavy atom. The van der Waals surface area contributed by atoms with Gasteiger partial charge in [0.05, 0.1) is 0 Å². The lowest BCUT2D eigenvalue weighted by atomic mass is 10.5. The molecule has 0 aliphatic carbocycles. The molecule has 0 fully saturated rings. The van der Waals surface area contributed by atoms with E-state index in [1.165, 1.54) is 12.4 Å². The molecule has 0 saturated heterocycles. The fourth-order valence-electron chi connectivity index (χ4n) is 0.383. The average Bonchev–Trinajstić information content (AvgIpc) is 1.69. The summed E-state index contributed by atoms with van der Waals surface area (Å²) in [6, 6.07) is 5.18. The summed E-state index contributed by atoms with van der Waals surface area (Å²) < 4.78 is 0.750. The Bertz CT molecular complexity index is 140. The van der Waals surface area contributed by atoms with Crippen LogP contribution in [-0.2, 0) is 0 Å². The van der Waals surface area contributed by atoms with E-state index in [0.717, 1.165) is 4.73 Å². The molecule has 0 unspecified atom stereocenters. The predicted octanol–water partition coefficient (Wildman–Crippen LogP) is -0.505. The van der Waals surface area contributed by atoms with Crippen molar-refractivity contribution in [3.8, 4) is 0 Å². The van der Waals surface area contributed by atoms with Crippen molar-refractivity contribution in [1.29, 1.82) is 0 Å². The molecule has 1 heterocycles. The zero-order valence-electron chi connectivity index (χ0n) is 4.24. The minimum Gasteiger partial charge on any atom is -0.619 e. The van der Waals surface area contributed by atoms with E-state index < -0.39 is 0 Å². The summed E-state index contributed by atoms with van der Waals surface area (Å²) in [6.45, 7) is 0. The topological polar surface area (TPSA) is 58.4 Å². The lowest BCUT2D eigenvalue weighted by Gasteiger charge is -1.88. The van der Waals surface area contributed by atoms with E-state index in [2.05, 4.69) is 0 Å². The Balaban J connectivity index is 0.000000490. The fourth-order valence-corrected chi connectivity index (χ4v) is 0.383. The molecule has 0 amide bonds. The third-order valence-electron chi connectivity index (χ3n) is 0.688. The first-order valence-corrected chi connectivity index (χ1v) is 2.03. The van der Waals surface area contributed by atoms with Gasteiger partial charge >= 0.3 is 0 Å². The van der Waals surface area contributed by atoms with Gasteiger partial charge in [0.2, 0.25) is 0 Å². The largest absolute Gasteiger partial charge is 0.619 e. The summed E-state index contributed by atoms with van der Waals surface area (Å²) in [6.07, 6.45) is 2.89. The normalized spacial score (nSPS) is 7.50. The number of aromatic nitrogens is 1. The van der Waals surface area contributed by atoms with Crippen LogP contribution in [0.4, 0.5) is 0 Å². The smallest absolute Gasteiger partial charge is 0.180 e. The molecule has 3 nitrogen and oxygen atoms in total. The zero-order chi connectivity index (χ0) is 5.11. The quantitative estimate of drug-likeness (QED) is 0.330. The second kappa shape index (κ2) is 2.98. The first-order valence-electron chi connectivity index (χ1n) is 2.03. The minimum absolute atomic E-state index is 0. The van der Waals surface area contributed by atoms with E-state index in [4.69, 9.17) is 0 Å². The van der Waals surface area contributed by atoms with Gasteiger partial charge in [0.15, 0.2) is 12.4 Å². The zero-order valence-corrected chi connectivity index (χ0v) is 4.24. The molecule has 1 aromatic heterocycles. The SMILES string of the molecule is O.[O-][n+]1ccccc1. The second-order valence-corrected chi connectivity index (χ2v) is 1.24. The lowest BCUT2D eigenvalue weighted by molar-refractivity contribution is -0.605. The van der Waals surface area contributed by atoms with Gasteiger partial charge in [0.25, 0.3) is 0 Å². The van der Waals surface area contributed by atoms with Gasteiger partial charge in [-0.25, -0.2) is 0 Å². The first kappa shape index (κ1) is 6.91. The van der Waals surface area contributed by atoms with Crippen molar-refractivity contribution in [3.05, 3.63) is 35.8 Å². The maximum Gasteiger partial charge on any atom is 0.180 e. The van der Waals surface area contributed by atoms with Crippen LogP contribution in [0.25, 0.3) is 0 Å². The fraction of sp³-hybridized carbons (Fsp3) is 0. The van der Waals surface area contributed by atoms with Crippen LogP contribution in [0.5, 0.6) is 0 Å². The third kappa shape index (κ3) is 1.57. The number of pyridine rings is 1. The van der Waals surface area contributed by atoms with Crippen molar-refractivity contribution >= 4 is 0 Å². The molecular formula is C5H7NO2. The monoisotopic (exact) mass is 113 g/mol. The van der Waals surface area contributed by atoms with Crippen molar-refractivity contribution in [2.24, 2.45) is 0 Å². The van der Waals surface area contributed by atoms with Gasteiger partial charge in [0, 0.05) is 12.1 Å². The highest BCUT2D eigenvalue weighted by Crippen LogP contribution is 1.72. The summed E-state index contributed by atoms with van der Waals surface area (Å²) in [4.78, 5) is 0. The number of hydrogen-bond donors (Lipinski definition) is 0. The molecule has 1 rings (SSSR count). The molecule has 0 atom stereocenters. The van der Waals surface area contributed by atoms with Gasteiger partial charge in [-0.15, -0.1) is 0 Å². The average molecular weight is 113 g/mol. The molecule has 0 bridgehead atoms. The van der Waals surface area contributed by atoms with Crippen LogP contribution in [0.2, 0.25) is 0 Å². The van der Waals surface area contributed by atoms with Crippen LogP contribution < -0.4 is 4.73 Å². The Labute approximate surface area is 47.1 Å². The highest BCUT2D eigenvalue weighted by molar-refractivity contribution is 4.83. The lowest BCUT2D eigenvalue weighted by Crippen LogP contribution is -2.22. The number of hydrogen-bond acceptors (Lipinski definition) is 1. The molecular weight excluding hydrogens is 106 g/mol.